The quantitative estimate of drug-likeness (QED) is 0.546. The summed E-state index contributed by atoms with van der Waals surface area (Å²) >= 11 is 6.16. The van der Waals surface area contributed by atoms with Crippen molar-refractivity contribution in [3.63, 3.8) is 0 Å². The molecule has 1 saturated heterocycles. The van der Waals surface area contributed by atoms with Gasteiger partial charge in [-0.2, -0.15) is 4.31 Å². The Morgan fingerprint density at radius 1 is 1.09 bits per heavy atom. The van der Waals surface area contributed by atoms with Crippen LogP contribution in [0.5, 0.6) is 5.75 Å². The average molecular weight is 544 g/mol. The summed E-state index contributed by atoms with van der Waals surface area (Å²) in [4.78, 5) is 13.1. The lowest BCUT2D eigenvalue weighted by atomic mass is 9.97. The van der Waals surface area contributed by atoms with Gasteiger partial charge in [0.15, 0.2) is 0 Å². The summed E-state index contributed by atoms with van der Waals surface area (Å²) in [5.41, 5.74) is 1.14. The van der Waals surface area contributed by atoms with Gasteiger partial charge in [0, 0.05) is 38.8 Å². The molecule has 1 aliphatic rings. The molecule has 0 unspecified atom stereocenters. The molecule has 3 rings (SSSR count). The number of nitrogens with zero attached hydrogens (tertiary/aromatic N) is 2. The van der Waals surface area contributed by atoms with E-state index in [2.05, 4.69) is 5.32 Å². The molecule has 192 valence electrons. The number of halogens is 1. The van der Waals surface area contributed by atoms with E-state index in [1.54, 1.807) is 13.0 Å². The van der Waals surface area contributed by atoms with Gasteiger partial charge in [0.1, 0.15) is 5.75 Å². The Labute approximate surface area is 212 Å². The van der Waals surface area contributed by atoms with Crippen LogP contribution in [0.2, 0.25) is 5.02 Å². The van der Waals surface area contributed by atoms with E-state index in [0.717, 1.165) is 9.87 Å². The number of carbonyl (C=O) groups excluding carboxylic acids is 1. The van der Waals surface area contributed by atoms with E-state index in [9.17, 15) is 21.6 Å². The summed E-state index contributed by atoms with van der Waals surface area (Å²) in [6.45, 7) is 4.36. The molecule has 0 radical (unpaired) electrons. The van der Waals surface area contributed by atoms with Gasteiger partial charge in [-0.15, -0.1) is 0 Å². The highest BCUT2D eigenvalue weighted by atomic mass is 35.5. The first kappa shape index (κ1) is 27.4. The van der Waals surface area contributed by atoms with Gasteiger partial charge in [0.25, 0.3) is 0 Å². The Hall–Kier alpha value is -2.18. The smallest absolute Gasteiger partial charge is 0.243 e. The molecule has 12 heteroatoms. The normalized spacial score (nSPS) is 15.8. The van der Waals surface area contributed by atoms with Gasteiger partial charge in [0.05, 0.1) is 21.4 Å². The molecule has 1 fully saturated rings. The van der Waals surface area contributed by atoms with Crippen LogP contribution in [0, 0.1) is 12.8 Å². The third-order valence-corrected chi connectivity index (χ3v) is 9.91. The number of rotatable bonds is 8. The number of amides is 1. The van der Waals surface area contributed by atoms with Gasteiger partial charge < -0.3 is 10.1 Å². The van der Waals surface area contributed by atoms with Gasteiger partial charge in [-0.25, -0.2) is 21.1 Å². The van der Waals surface area contributed by atoms with Crippen molar-refractivity contribution in [3.8, 4) is 5.75 Å². The molecule has 1 amide bonds. The largest absolute Gasteiger partial charge is 0.492 e. The van der Waals surface area contributed by atoms with Crippen molar-refractivity contribution in [2.75, 3.05) is 39.1 Å². The Balaban J connectivity index is 1.68. The highest BCUT2D eigenvalue weighted by Crippen LogP contribution is 2.31. The van der Waals surface area contributed by atoms with Gasteiger partial charge in [-0.05, 0) is 62.6 Å². The predicted octanol–water partition coefficient (Wildman–Crippen LogP) is 3.34. The summed E-state index contributed by atoms with van der Waals surface area (Å²) in [6.07, 6.45) is 0.676. The number of aryl methyl sites for hydroxylation is 1. The first-order chi connectivity index (χ1) is 16.4. The highest BCUT2D eigenvalue weighted by molar-refractivity contribution is 7.89. The first-order valence-corrected chi connectivity index (χ1v) is 14.4. The zero-order chi connectivity index (χ0) is 26.0. The molecule has 0 atom stereocenters. The molecule has 0 saturated carbocycles. The Kier molecular flexibility index (Phi) is 8.48. The standard InChI is InChI=1S/C23H30ClN3O6S2/c1-5-33-22-9-8-18(14-20(22)24)35(31,32)27-12-10-17(11-13-27)23(28)25-21-15-19(7-6-16(21)2)34(29,30)26(3)4/h6-9,14-15,17H,5,10-13H2,1-4H3,(H,25,28). The minimum atomic E-state index is -3.77. The lowest BCUT2D eigenvalue weighted by Crippen LogP contribution is -2.41. The fraction of sp³-hybridized carbons (Fsp3) is 0.435. The molecule has 0 aromatic heterocycles. The van der Waals surface area contributed by atoms with Crippen LogP contribution < -0.4 is 10.1 Å². The Morgan fingerprint density at radius 2 is 1.71 bits per heavy atom. The number of carbonyl (C=O) groups is 1. The molecule has 1 aliphatic heterocycles. The van der Waals surface area contributed by atoms with Crippen LogP contribution in [0.25, 0.3) is 0 Å². The summed E-state index contributed by atoms with van der Waals surface area (Å²) in [5.74, 6) is -0.256. The molecule has 9 nitrogen and oxygen atoms in total. The number of benzene rings is 2. The molecule has 0 spiro atoms. The molecule has 0 bridgehead atoms. The molecule has 35 heavy (non-hydrogen) atoms. The van der Waals surface area contributed by atoms with Crippen LogP contribution >= 0.6 is 11.6 Å². The fourth-order valence-corrected chi connectivity index (χ4v) is 6.49. The van der Waals surface area contributed by atoms with Crippen LogP contribution in [0.3, 0.4) is 0 Å². The van der Waals surface area contributed by atoms with E-state index in [1.807, 2.05) is 6.92 Å². The SMILES string of the molecule is CCOc1ccc(S(=O)(=O)N2CCC(C(=O)Nc3cc(S(=O)(=O)N(C)C)ccc3C)CC2)cc1Cl. The minimum absolute atomic E-state index is 0.0726. The van der Waals surface area contributed by atoms with E-state index < -0.39 is 26.0 Å². The Bertz CT molecular complexity index is 1300. The Morgan fingerprint density at radius 3 is 2.29 bits per heavy atom. The number of piperidine rings is 1. The number of hydrogen-bond donors (Lipinski definition) is 1. The van der Waals surface area contributed by atoms with Crippen molar-refractivity contribution in [2.24, 2.45) is 5.92 Å². The highest BCUT2D eigenvalue weighted by Gasteiger charge is 2.33. The second-order valence-electron chi connectivity index (χ2n) is 8.46. The van der Waals surface area contributed by atoms with Crippen LogP contribution in [0.1, 0.15) is 25.3 Å². The summed E-state index contributed by atoms with van der Waals surface area (Å²) in [5, 5.41) is 3.04. The van der Waals surface area contributed by atoms with Crippen LogP contribution in [0.15, 0.2) is 46.2 Å². The zero-order valence-electron chi connectivity index (χ0n) is 20.1. The van der Waals surface area contributed by atoms with Crippen LogP contribution in [0.4, 0.5) is 5.69 Å². The lowest BCUT2D eigenvalue weighted by Gasteiger charge is -2.30. The monoisotopic (exact) mass is 543 g/mol. The molecular formula is C23H30ClN3O6S2. The first-order valence-electron chi connectivity index (χ1n) is 11.1. The molecule has 2 aromatic carbocycles. The van der Waals surface area contributed by atoms with Gasteiger partial charge in [-0.3, -0.25) is 4.79 Å². The topological polar surface area (TPSA) is 113 Å². The molecule has 0 aliphatic carbocycles. The van der Waals surface area contributed by atoms with Gasteiger partial charge in [-0.1, -0.05) is 17.7 Å². The van der Waals surface area contributed by atoms with E-state index >= 15 is 0 Å². The summed E-state index contributed by atoms with van der Waals surface area (Å²) in [6, 6.07) is 8.95. The van der Waals surface area contributed by atoms with E-state index in [1.165, 1.54) is 48.7 Å². The number of anilines is 1. The zero-order valence-corrected chi connectivity index (χ0v) is 22.5. The number of ether oxygens (including phenoxy) is 1. The summed E-state index contributed by atoms with van der Waals surface area (Å²) in [7, 11) is -4.53. The van der Waals surface area contributed by atoms with Crippen molar-refractivity contribution in [3.05, 3.63) is 47.0 Å². The van der Waals surface area contributed by atoms with E-state index in [0.29, 0.717) is 30.9 Å². The fourth-order valence-electron chi connectivity index (χ4n) is 3.76. The van der Waals surface area contributed by atoms with Crippen molar-refractivity contribution in [1.82, 2.24) is 8.61 Å². The number of nitrogens with one attached hydrogen (secondary N) is 1. The predicted molar refractivity (Wildman–Crippen MR) is 135 cm³/mol. The van der Waals surface area contributed by atoms with Crippen molar-refractivity contribution in [2.45, 2.75) is 36.5 Å². The second-order valence-corrected chi connectivity index (χ2v) is 13.0. The van der Waals surface area contributed by atoms with Gasteiger partial charge >= 0.3 is 0 Å². The number of hydrogen-bond acceptors (Lipinski definition) is 6. The maximum Gasteiger partial charge on any atom is 0.243 e. The maximum absolute atomic E-state index is 13.1. The minimum Gasteiger partial charge on any atom is -0.492 e. The third-order valence-electron chi connectivity index (χ3n) is 5.91. The van der Waals surface area contributed by atoms with Crippen LogP contribution in [-0.4, -0.2) is 65.1 Å². The van der Waals surface area contributed by atoms with Crippen molar-refractivity contribution in [1.29, 1.82) is 0 Å². The summed E-state index contributed by atoms with van der Waals surface area (Å²) < 4.78 is 58.8. The second kappa shape index (κ2) is 10.8. The maximum atomic E-state index is 13.1. The molecule has 1 heterocycles. The van der Waals surface area contributed by atoms with Crippen molar-refractivity contribution < 1.29 is 26.4 Å². The lowest BCUT2D eigenvalue weighted by molar-refractivity contribution is -0.120. The molecular weight excluding hydrogens is 514 g/mol. The van der Waals surface area contributed by atoms with Crippen molar-refractivity contribution >= 4 is 43.2 Å². The molecule has 1 N–H and O–H groups in total. The van der Waals surface area contributed by atoms with E-state index in [-0.39, 0.29) is 33.8 Å². The van der Waals surface area contributed by atoms with E-state index in [4.69, 9.17) is 16.3 Å². The van der Waals surface area contributed by atoms with Crippen LogP contribution in [-0.2, 0) is 24.8 Å². The average Bonchev–Trinajstić information content (AvgIpc) is 2.81. The third kappa shape index (κ3) is 5.97. The molecule has 2 aromatic rings. The van der Waals surface area contributed by atoms with Gasteiger partial charge in [0.2, 0.25) is 26.0 Å². The number of sulfonamides is 2.